The lowest BCUT2D eigenvalue weighted by molar-refractivity contribution is -0.383. The van der Waals surface area contributed by atoms with Crippen molar-refractivity contribution in [2.45, 2.75) is 0 Å². The van der Waals surface area contributed by atoms with Gasteiger partial charge in [-0.2, -0.15) is 0 Å². The highest BCUT2D eigenvalue weighted by Gasteiger charge is 2.18. The number of anilines is 1. The Morgan fingerprint density at radius 1 is 1.19 bits per heavy atom. The van der Waals surface area contributed by atoms with Gasteiger partial charge in [-0.25, -0.2) is 0 Å². The molecular weight excluding hydrogens is 383 g/mol. The zero-order chi connectivity index (χ0) is 15.6. The smallest absolute Gasteiger partial charge is 0.292 e. The Morgan fingerprint density at radius 2 is 1.90 bits per heavy atom. The number of carbonyl (C=O) groups excluding carboxylic acids is 1. The van der Waals surface area contributed by atoms with E-state index in [1.165, 1.54) is 24.3 Å². The first-order chi connectivity index (χ1) is 9.88. The number of nitro groups is 1. The van der Waals surface area contributed by atoms with Gasteiger partial charge >= 0.3 is 0 Å². The molecule has 0 fully saturated rings. The molecule has 0 heterocycles. The molecule has 0 bridgehead atoms. The zero-order valence-corrected chi connectivity index (χ0v) is 13.4. The van der Waals surface area contributed by atoms with Crippen LogP contribution in [0.25, 0.3) is 0 Å². The highest BCUT2D eigenvalue weighted by molar-refractivity contribution is 9.10. The molecule has 2 aromatic rings. The molecule has 0 aromatic heterocycles. The zero-order valence-electron chi connectivity index (χ0n) is 10.3. The molecule has 0 spiro atoms. The first-order valence-corrected chi connectivity index (χ1v) is 7.13. The third kappa shape index (κ3) is 3.72. The van der Waals surface area contributed by atoms with Crippen LogP contribution in [-0.4, -0.2) is 10.8 Å². The number of hydrogen-bond donors (Lipinski definition) is 1. The molecule has 2 rings (SSSR count). The van der Waals surface area contributed by atoms with Gasteiger partial charge in [-0.05, 0) is 30.3 Å². The maximum atomic E-state index is 12.2. The molecule has 0 saturated heterocycles. The van der Waals surface area contributed by atoms with E-state index < -0.39 is 10.8 Å². The Morgan fingerprint density at radius 3 is 2.57 bits per heavy atom. The van der Waals surface area contributed by atoms with Gasteiger partial charge in [0.2, 0.25) is 0 Å². The Balaban J connectivity index is 2.38. The van der Waals surface area contributed by atoms with E-state index in [2.05, 4.69) is 21.2 Å². The molecule has 8 heteroatoms. The minimum absolute atomic E-state index is 0.00791. The number of hydrogen-bond acceptors (Lipinski definition) is 3. The molecule has 0 atom stereocenters. The SMILES string of the molecule is O=C(Nc1cc(Cl)ccc1[N+](=O)[O-])c1cc(Br)ccc1Cl. The van der Waals surface area contributed by atoms with E-state index in [1.54, 1.807) is 12.1 Å². The van der Waals surface area contributed by atoms with Crippen LogP contribution in [0.5, 0.6) is 0 Å². The van der Waals surface area contributed by atoms with Crippen LogP contribution in [-0.2, 0) is 0 Å². The predicted octanol–water partition coefficient (Wildman–Crippen LogP) is 4.92. The fraction of sp³-hybridized carbons (Fsp3) is 0. The molecule has 2 aromatic carbocycles. The summed E-state index contributed by atoms with van der Waals surface area (Å²) < 4.78 is 0.664. The van der Waals surface area contributed by atoms with E-state index in [1.807, 2.05) is 0 Å². The molecule has 1 N–H and O–H groups in total. The molecule has 0 radical (unpaired) electrons. The number of amides is 1. The van der Waals surface area contributed by atoms with Crippen molar-refractivity contribution in [1.82, 2.24) is 0 Å². The number of nitrogens with one attached hydrogen (secondary N) is 1. The lowest BCUT2D eigenvalue weighted by atomic mass is 10.2. The summed E-state index contributed by atoms with van der Waals surface area (Å²) in [6.07, 6.45) is 0. The van der Waals surface area contributed by atoms with Gasteiger partial charge in [-0.3, -0.25) is 14.9 Å². The predicted molar refractivity (Wildman–Crippen MR) is 85.2 cm³/mol. The van der Waals surface area contributed by atoms with Crippen molar-refractivity contribution in [1.29, 1.82) is 0 Å². The number of carbonyl (C=O) groups is 1. The lowest BCUT2D eigenvalue weighted by Crippen LogP contribution is -2.13. The van der Waals surface area contributed by atoms with Crippen molar-refractivity contribution in [2.75, 3.05) is 5.32 Å². The van der Waals surface area contributed by atoms with Crippen molar-refractivity contribution < 1.29 is 9.72 Å². The van der Waals surface area contributed by atoms with Crippen molar-refractivity contribution in [3.8, 4) is 0 Å². The topological polar surface area (TPSA) is 72.2 Å². The largest absolute Gasteiger partial charge is 0.316 e. The van der Waals surface area contributed by atoms with E-state index in [4.69, 9.17) is 23.2 Å². The van der Waals surface area contributed by atoms with Crippen molar-refractivity contribution in [3.63, 3.8) is 0 Å². The van der Waals surface area contributed by atoms with Gasteiger partial charge < -0.3 is 5.32 Å². The normalized spacial score (nSPS) is 10.2. The van der Waals surface area contributed by atoms with Crippen molar-refractivity contribution in [2.24, 2.45) is 0 Å². The first-order valence-electron chi connectivity index (χ1n) is 5.59. The Kier molecular flexibility index (Phi) is 4.82. The summed E-state index contributed by atoms with van der Waals surface area (Å²) in [4.78, 5) is 22.5. The van der Waals surface area contributed by atoms with Gasteiger partial charge in [0.05, 0.1) is 15.5 Å². The minimum atomic E-state index is -0.603. The number of rotatable bonds is 3. The first kappa shape index (κ1) is 15.8. The number of nitro benzene ring substituents is 1. The summed E-state index contributed by atoms with van der Waals surface area (Å²) in [5.41, 5.74) is -0.0484. The number of halogens is 3. The van der Waals surface area contributed by atoms with Gasteiger partial charge in [0.25, 0.3) is 11.6 Å². The Bertz CT molecular complexity index is 737. The molecule has 0 aliphatic heterocycles. The summed E-state index contributed by atoms with van der Waals surface area (Å²) >= 11 is 15.0. The quantitative estimate of drug-likeness (QED) is 0.598. The summed E-state index contributed by atoms with van der Waals surface area (Å²) in [5.74, 6) is -0.563. The third-order valence-electron chi connectivity index (χ3n) is 2.58. The number of nitrogens with zero attached hydrogens (tertiary/aromatic N) is 1. The molecule has 0 unspecified atom stereocenters. The summed E-state index contributed by atoms with van der Waals surface area (Å²) in [5, 5.41) is 13.9. The molecule has 1 amide bonds. The fourth-order valence-corrected chi connectivity index (χ4v) is 2.37. The third-order valence-corrected chi connectivity index (χ3v) is 3.63. The average molecular weight is 390 g/mol. The molecule has 5 nitrogen and oxygen atoms in total. The molecule has 0 aliphatic rings. The standard InChI is InChI=1S/C13H7BrCl2N2O3/c14-7-1-3-10(16)9(5-7)13(19)17-11-6-8(15)2-4-12(11)18(20)21/h1-6H,(H,17,19). The minimum Gasteiger partial charge on any atom is -0.316 e. The summed E-state index contributed by atoms with van der Waals surface area (Å²) in [7, 11) is 0. The van der Waals surface area contributed by atoms with Crippen LogP contribution >= 0.6 is 39.1 Å². The molecule has 0 saturated carbocycles. The van der Waals surface area contributed by atoms with E-state index >= 15 is 0 Å². The Labute approximate surface area is 138 Å². The number of benzene rings is 2. The highest BCUT2D eigenvalue weighted by Crippen LogP contribution is 2.29. The van der Waals surface area contributed by atoms with E-state index in [-0.39, 0.29) is 27.0 Å². The van der Waals surface area contributed by atoms with Gasteiger partial charge in [0, 0.05) is 15.6 Å². The molecule has 21 heavy (non-hydrogen) atoms. The van der Waals surface area contributed by atoms with Gasteiger partial charge in [-0.1, -0.05) is 39.1 Å². The maximum absolute atomic E-state index is 12.2. The summed E-state index contributed by atoms with van der Waals surface area (Å²) in [6, 6.07) is 8.66. The van der Waals surface area contributed by atoms with Gasteiger partial charge in [0.15, 0.2) is 0 Å². The van der Waals surface area contributed by atoms with E-state index in [9.17, 15) is 14.9 Å². The second-order valence-electron chi connectivity index (χ2n) is 4.00. The van der Waals surface area contributed by atoms with Crippen LogP contribution in [0, 0.1) is 10.1 Å². The van der Waals surface area contributed by atoms with E-state index in [0.29, 0.717) is 4.47 Å². The average Bonchev–Trinajstić information content (AvgIpc) is 2.41. The van der Waals surface area contributed by atoms with Crippen LogP contribution in [0.3, 0.4) is 0 Å². The fourth-order valence-electron chi connectivity index (χ4n) is 1.63. The van der Waals surface area contributed by atoms with Crippen molar-refractivity contribution >= 4 is 56.4 Å². The van der Waals surface area contributed by atoms with Gasteiger partial charge in [0.1, 0.15) is 5.69 Å². The lowest BCUT2D eigenvalue weighted by Gasteiger charge is -2.08. The Hall–Kier alpha value is -1.63. The monoisotopic (exact) mass is 388 g/mol. The molecule has 0 aliphatic carbocycles. The van der Waals surface area contributed by atoms with Crippen LogP contribution in [0.4, 0.5) is 11.4 Å². The molecular formula is C13H7BrCl2N2O3. The second kappa shape index (κ2) is 6.43. The molecule has 108 valence electrons. The van der Waals surface area contributed by atoms with Crippen LogP contribution < -0.4 is 5.32 Å². The van der Waals surface area contributed by atoms with Crippen molar-refractivity contribution in [3.05, 3.63) is 66.6 Å². The highest BCUT2D eigenvalue weighted by atomic mass is 79.9. The van der Waals surface area contributed by atoms with Crippen LogP contribution in [0.2, 0.25) is 10.0 Å². The summed E-state index contributed by atoms with van der Waals surface area (Å²) in [6.45, 7) is 0. The van der Waals surface area contributed by atoms with E-state index in [0.717, 1.165) is 0 Å². The maximum Gasteiger partial charge on any atom is 0.292 e. The van der Waals surface area contributed by atoms with Crippen LogP contribution in [0.1, 0.15) is 10.4 Å². The van der Waals surface area contributed by atoms with Gasteiger partial charge in [-0.15, -0.1) is 0 Å². The van der Waals surface area contributed by atoms with Crippen LogP contribution in [0.15, 0.2) is 40.9 Å². The second-order valence-corrected chi connectivity index (χ2v) is 5.76.